The van der Waals surface area contributed by atoms with Crippen molar-refractivity contribution in [1.29, 1.82) is 5.26 Å². The molecule has 8 rings (SSSR count). The quantitative estimate of drug-likeness (QED) is 0.156. The number of benzene rings is 5. The second kappa shape index (κ2) is 13.2. The molecule has 0 bridgehead atoms. The van der Waals surface area contributed by atoms with Gasteiger partial charge in [-0.2, -0.15) is 16.4 Å². The first-order valence-corrected chi connectivity index (χ1v) is 16.1. The molecule has 0 aliphatic heterocycles. The van der Waals surface area contributed by atoms with E-state index >= 15 is 0 Å². The van der Waals surface area contributed by atoms with Gasteiger partial charge in [-0.05, 0) is 92.4 Å². The van der Waals surface area contributed by atoms with Gasteiger partial charge in [0.25, 0.3) is 0 Å². The number of nitrogens with zero attached hydrogens (tertiary/aromatic N) is 7. The van der Waals surface area contributed by atoms with Gasteiger partial charge >= 0.3 is 21.1 Å². The Morgan fingerprint density at radius 2 is 1.50 bits per heavy atom. The minimum atomic E-state index is 0. The third-order valence-corrected chi connectivity index (χ3v) is 8.75. The van der Waals surface area contributed by atoms with E-state index in [0.29, 0.717) is 11.4 Å². The fourth-order valence-corrected chi connectivity index (χ4v) is 6.81. The Morgan fingerprint density at radius 3 is 2.24 bits per heavy atom. The van der Waals surface area contributed by atoms with Crippen LogP contribution in [0.1, 0.15) is 28.1 Å². The largest absolute Gasteiger partial charge is 2.00 e. The average molecular weight is 829 g/mol. The first-order valence-electron chi connectivity index (χ1n) is 16.1. The summed E-state index contributed by atoms with van der Waals surface area (Å²) in [5.74, 6) is 2.19. The van der Waals surface area contributed by atoms with Crippen LogP contribution in [0.5, 0.6) is 0 Å². The fraction of sp³-hybridized carbons (Fsp3) is 0.0952. The van der Waals surface area contributed by atoms with Crippen LogP contribution in [0.3, 0.4) is 0 Å². The molecule has 8 aromatic rings. The van der Waals surface area contributed by atoms with E-state index in [1.807, 2.05) is 78.3 Å². The van der Waals surface area contributed by atoms with Gasteiger partial charge in [0.1, 0.15) is 11.6 Å². The topological polar surface area (TPSA) is 75.6 Å². The summed E-state index contributed by atoms with van der Waals surface area (Å²) in [7, 11) is 0. The van der Waals surface area contributed by atoms with Crippen LogP contribution >= 0.6 is 0 Å². The summed E-state index contributed by atoms with van der Waals surface area (Å²) in [6, 6.07) is 46.3. The summed E-state index contributed by atoms with van der Waals surface area (Å²) in [6.07, 6.45) is 1.79. The molecule has 0 atom stereocenters. The summed E-state index contributed by atoms with van der Waals surface area (Å²) in [6.45, 7) is 8.26. The molecule has 0 saturated carbocycles. The third kappa shape index (κ3) is 5.68. The molecule has 0 amide bonds. The van der Waals surface area contributed by atoms with E-state index in [0.717, 1.165) is 72.9 Å². The van der Waals surface area contributed by atoms with E-state index < -0.39 is 0 Å². The summed E-state index contributed by atoms with van der Waals surface area (Å²) in [5.41, 5.74) is 10.4. The van der Waals surface area contributed by atoms with E-state index in [4.69, 9.17) is 15.1 Å². The Morgan fingerprint density at radius 1 is 0.740 bits per heavy atom. The van der Waals surface area contributed by atoms with Gasteiger partial charge in [0.15, 0.2) is 0 Å². The van der Waals surface area contributed by atoms with Crippen LogP contribution in [-0.4, -0.2) is 24.3 Å². The number of rotatable bonds is 6. The van der Waals surface area contributed by atoms with Gasteiger partial charge in [-0.3, -0.25) is 9.67 Å². The molecule has 0 fully saturated rings. The van der Waals surface area contributed by atoms with E-state index in [2.05, 4.69) is 90.9 Å². The SMILES string of the molecule is Cc1cc(C)c(-n2nc(C)nc2-c2[c-]c(N(c3[c-]c4c(cc3)c3cc(C#N)ccc3n4-c3ccccn3)c3ccccc3)ccc2)c(C)c1.[Pt+2]. The molecule has 7 nitrogen and oxygen atoms in total. The van der Waals surface area contributed by atoms with Gasteiger partial charge in [0.05, 0.1) is 23.1 Å². The van der Waals surface area contributed by atoms with E-state index in [-0.39, 0.29) is 21.1 Å². The number of hydrogen-bond donors (Lipinski definition) is 0. The Labute approximate surface area is 305 Å². The fourth-order valence-electron chi connectivity index (χ4n) is 6.81. The number of pyridine rings is 1. The summed E-state index contributed by atoms with van der Waals surface area (Å²) in [5, 5.41) is 16.5. The molecule has 3 heterocycles. The van der Waals surface area contributed by atoms with Crippen molar-refractivity contribution >= 4 is 38.9 Å². The van der Waals surface area contributed by atoms with Gasteiger partial charge in [0, 0.05) is 17.4 Å². The molecule has 244 valence electrons. The van der Waals surface area contributed by atoms with Crippen LogP contribution in [-0.2, 0) is 21.1 Å². The van der Waals surface area contributed by atoms with Crippen LogP contribution in [0.2, 0.25) is 0 Å². The Hall–Kier alpha value is -5.83. The monoisotopic (exact) mass is 828 g/mol. The van der Waals surface area contributed by atoms with E-state index in [1.165, 1.54) is 5.56 Å². The standard InChI is InChI=1S/C42H31N7.Pt/c1-27-21-28(2)41(29(3)22-27)49-42(45-30(4)46-49)32-11-10-14-34(24-32)47(33-12-6-5-7-13-33)35-17-18-36-37-23-31(26-43)16-19-38(37)48(39(36)25-35)40-15-8-9-20-44-40;/h5-23H,1-4H3;/q-2;+2. The maximum absolute atomic E-state index is 9.69. The van der Waals surface area contributed by atoms with Crippen LogP contribution in [0.4, 0.5) is 17.1 Å². The van der Waals surface area contributed by atoms with Crippen molar-refractivity contribution in [1.82, 2.24) is 24.3 Å². The molecule has 5 aromatic carbocycles. The van der Waals surface area contributed by atoms with Crippen LogP contribution < -0.4 is 4.90 Å². The number of aromatic nitrogens is 5. The first-order chi connectivity index (χ1) is 23.9. The second-order valence-corrected chi connectivity index (χ2v) is 12.2. The maximum atomic E-state index is 9.69. The van der Waals surface area contributed by atoms with Crippen molar-refractivity contribution in [2.75, 3.05) is 4.90 Å². The minimum absolute atomic E-state index is 0. The number of aryl methyl sites for hydroxylation is 4. The predicted molar refractivity (Wildman–Crippen MR) is 195 cm³/mol. The number of fused-ring (bicyclic) bond motifs is 3. The van der Waals surface area contributed by atoms with Gasteiger partial charge in [0.2, 0.25) is 0 Å². The molecule has 50 heavy (non-hydrogen) atoms. The van der Waals surface area contributed by atoms with Gasteiger partial charge in [-0.25, -0.2) is 4.98 Å². The zero-order valence-electron chi connectivity index (χ0n) is 27.9. The smallest absolute Gasteiger partial charge is 0.352 e. The van der Waals surface area contributed by atoms with Gasteiger partial charge in [-0.15, -0.1) is 47.3 Å². The molecule has 0 saturated heterocycles. The zero-order valence-corrected chi connectivity index (χ0v) is 30.2. The predicted octanol–water partition coefficient (Wildman–Crippen LogP) is 9.60. The summed E-state index contributed by atoms with van der Waals surface area (Å²) in [4.78, 5) is 11.7. The summed E-state index contributed by atoms with van der Waals surface area (Å²) >= 11 is 0. The Kier molecular flexibility index (Phi) is 8.65. The van der Waals surface area contributed by atoms with E-state index in [9.17, 15) is 5.26 Å². The molecule has 0 aliphatic rings. The average Bonchev–Trinajstić information content (AvgIpc) is 3.65. The molecule has 0 radical (unpaired) electrons. The van der Waals surface area contributed by atoms with Crippen LogP contribution in [0.25, 0.3) is 44.7 Å². The molecular formula is C42H31N7Pt. The Bertz CT molecular complexity index is 2540. The number of anilines is 3. The number of nitriles is 1. The molecule has 0 aliphatic carbocycles. The third-order valence-electron chi connectivity index (χ3n) is 8.75. The molecule has 8 heteroatoms. The molecule has 0 N–H and O–H groups in total. The minimum Gasteiger partial charge on any atom is -0.352 e. The zero-order chi connectivity index (χ0) is 33.6. The van der Waals surface area contributed by atoms with Gasteiger partial charge in [-0.1, -0.05) is 53.2 Å². The van der Waals surface area contributed by atoms with Gasteiger partial charge < -0.3 is 9.47 Å². The number of para-hydroxylation sites is 1. The maximum Gasteiger partial charge on any atom is 2.00 e. The van der Waals surface area contributed by atoms with Crippen molar-refractivity contribution in [3.8, 4) is 29.0 Å². The van der Waals surface area contributed by atoms with Crippen molar-refractivity contribution in [3.05, 3.63) is 156 Å². The van der Waals surface area contributed by atoms with Crippen molar-refractivity contribution in [2.45, 2.75) is 27.7 Å². The molecule has 0 unspecified atom stereocenters. The Balaban J connectivity index is 0.00000392. The molecule has 3 aromatic heterocycles. The second-order valence-electron chi connectivity index (χ2n) is 12.2. The normalized spacial score (nSPS) is 11.0. The van der Waals surface area contributed by atoms with Crippen molar-refractivity contribution < 1.29 is 21.1 Å². The summed E-state index contributed by atoms with van der Waals surface area (Å²) < 4.78 is 4.05. The van der Waals surface area contributed by atoms with Crippen molar-refractivity contribution in [2.24, 2.45) is 0 Å². The number of hydrogen-bond acceptors (Lipinski definition) is 5. The van der Waals surface area contributed by atoms with E-state index in [1.54, 1.807) is 6.20 Å². The molecular weight excluding hydrogens is 798 g/mol. The first kappa shape index (κ1) is 32.7. The molecule has 0 spiro atoms. The van der Waals surface area contributed by atoms with Crippen molar-refractivity contribution in [3.63, 3.8) is 0 Å². The van der Waals surface area contributed by atoms with Crippen LogP contribution in [0.15, 0.2) is 115 Å². The van der Waals surface area contributed by atoms with Crippen LogP contribution in [0, 0.1) is 51.2 Å².